The van der Waals surface area contributed by atoms with Gasteiger partial charge in [0.05, 0.1) is 12.1 Å². The molecule has 37 heavy (non-hydrogen) atoms. The molecule has 0 fully saturated rings. The van der Waals surface area contributed by atoms with E-state index in [0.717, 1.165) is 5.56 Å². The van der Waals surface area contributed by atoms with Gasteiger partial charge in [0, 0.05) is 12.3 Å². The van der Waals surface area contributed by atoms with Gasteiger partial charge in [-0.25, -0.2) is 9.59 Å². The lowest BCUT2D eigenvalue weighted by molar-refractivity contribution is -0.150. The summed E-state index contributed by atoms with van der Waals surface area (Å²) in [6.45, 7) is 12.8. The average molecular weight is 538 g/mol. The standard InChI is InChI=1S/C27H43N3O6S/c1-17(2)13-20(29-24(32)23(18(3)4)28-14-19-11-9-8-10-12-19)22(31)15-35-25(33)21(16-37)30-26(34)36-27(5,6)7/h8-12,17-18,20-21,23,28,37H,13-16H2,1-7H3,(H,29,32)(H,30,34)/t20-,21-,23-/m0/s1. The first kappa shape index (κ1) is 32.4. The van der Waals surface area contributed by atoms with E-state index in [1.165, 1.54) is 0 Å². The topological polar surface area (TPSA) is 123 Å². The first-order chi connectivity index (χ1) is 17.2. The summed E-state index contributed by atoms with van der Waals surface area (Å²) in [6.07, 6.45) is -0.403. The van der Waals surface area contributed by atoms with Gasteiger partial charge in [-0.15, -0.1) is 0 Å². The number of hydrogen-bond donors (Lipinski definition) is 4. The van der Waals surface area contributed by atoms with E-state index in [4.69, 9.17) is 9.47 Å². The number of esters is 1. The molecule has 0 unspecified atom stereocenters. The van der Waals surface area contributed by atoms with Crippen LogP contribution in [0.15, 0.2) is 30.3 Å². The van der Waals surface area contributed by atoms with E-state index in [9.17, 15) is 19.2 Å². The number of carbonyl (C=O) groups excluding carboxylic acids is 4. The Labute approximate surface area is 226 Å². The van der Waals surface area contributed by atoms with Crippen LogP contribution in [0.1, 0.15) is 60.5 Å². The summed E-state index contributed by atoms with van der Waals surface area (Å²) in [5.74, 6) is -1.49. The highest BCUT2D eigenvalue weighted by atomic mass is 32.1. The first-order valence-electron chi connectivity index (χ1n) is 12.6. The van der Waals surface area contributed by atoms with Crippen molar-refractivity contribution in [3.05, 3.63) is 35.9 Å². The van der Waals surface area contributed by atoms with Crippen molar-refractivity contribution < 1.29 is 28.7 Å². The van der Waals surface area contributed by atoms with Crippen molar-refractivity contribution in [2.75, 3.05) is 12.4 Å². The van der Waals surface area contributed by atoms with Gasteiger partial charge in [-0.1, -0.05) is 58.0 Å². The number of Topliss-reactive ketones (excluding diaryl/α,β-unsaturated/α-hetero) is 1. The number of benzene rings is 1. The number of thiol groups is 1. The minimum atomic E-state index is -1.09. The molecule has 3 atom stereocenters. The smallest absolute Gasteiger partial charge is 0.408 e. The molecular weight excluding hydrogens is 494 g/mol. The first-order valence-corrected chi connectivity index (χ1v) is 13.2. The average Bonchev–Trinajstić information content (AvgIpc) is 2.79. The SMILES string of the molecule is CC(C)C[C@H](NC(=O)[C@@H](NCc1ccccc1)C(C)C)C(=O)COC(=O)[C@H](CS)NC(=O)OC(C)(C)C. The number of ether oxygens (including phenoxy) is 2. The second-order valence-corrected chi connectivity index (χ2v) is 11.1. The van der Waals surface area contributed by atoms with Crippen molar-refractivity contribution in [1.82, 2.24) is 16.0 Å². The number of alkyl carbamates (subject to hydrolysis) is 1. The maximum absolute atomic E-state index is 13.1. The van der Waals surface area contributed by atoms with E-state index < -0.39 is 48.2 Å². The van der Waals surface area contributed by atoms with Crippen LogP contribution in [-0.2, 0) is 30.4 Å². The van der Waals surface area contributed by atoms with Gasteiger partial charge >= 0.3 is 12.1 Å². The third-order valence-corrected chi connectivity index (χ3v) is 5.61. The van der Waals surface area contributed by atoms with Gasteiger partial charge in [0.15, 0.2) is 12.4 Å². The van der Waals surface area contributed by atoms with Crippen molar-refractivity contribution in [3.63, 3.8) is 0 Å². The molecule has 0 aliphatic heterocycles. The summed E-state index contributed by atoms with van der Waals surface area (Å²) in [5, 5.41) is 8.51. The summed E-state index contributed by atoms with van der Waals surface area (Å²) in [5.41, 5.74) is 0.304. The largest absolute Gasteiger partial charge is 0.456 e. The summed E-state index contributed by atoms with van der Waals surface area (Å²) < 4.78 is 10.3. The molecule has 0 heterocycles. The van der Waals surface area contributed by atoms with E-state index in [1.807, 2.05) is 58.0 Å². The van der Waals surface area contributed by atoms with Gasteiger partial charge in [0.1, 0.15) is 11.6 Å². The second-order valence-electron chi connectivity index (χ2n) is 10.7. The predicted octanol–water partition coefficient (Wildman–Crippen LogP) is 3.27. The number of amides is 2. The van der Waals surface area contributed by atoms with Crippen LogP contribution >= 0.6 is 12.6 Å². The Morgan fingerprint density at radius 2 is 1.57 bits per heavy atom. The van der Waals surface area contributed by atoms with Crippen molar-refractivity contribution >= 4 is 36.4 Å². The Kier molecular flexibility index (Phi) is 13.7. The fourth-order valence-electron chi connectivity index (χ4n) is 3.43. The van der Waals surface area contributed by atoms with E-state index in [-0.39, 0.29) is 23.5 Å². The lowest BCUT2D eigenvalue weighted by Crippen LogP contribution is -2.53. The van der Waals surface area contributed by atoms with E-state index in [0.29, 0.717) is 13.0 Å². The highest BCUT2D eigenvalue weighted by Gasteiger charge is 2.30. The van der Waals surface area contributed by atoms with Crippen LogP contribution in [0.5, 0.6) is 0 Å². The number of nitrogens with one attached hydrogen (secondary N) is 3. The Morgan fingerprint density at radius 1 is 0.946 bits per heavy atom. The lowest BCUT2D eigenvalue weighted by Gasteiger charge is -2.26. The fourth-order valence-corrected chi connectivity index (χ4v) is 3.67. The molecule has 0 radical (unpaired) electrons. The third kappa shape index (κ3) is 13.0. The molecule has 0 saturated heterocycles. The summed E-state index contributed by atoms with van der Waals surface area (Å²) in [6, 6.07) is 7.30. The molecule has 1 aromatic rings. The molecule has 0 aliphatic carbocycles. The number of hydrogen-bond acceptors (Lipinski definition) is 8. The Balaban J connectivity index is 2.77. The van der Waals surface area contributed by atoms with Crippen LogP contribution in [0.2, 0.25) is 0 Å². The summed E-state index contributed by atoms with van der Waals surface area (Å²) >= 11 is 4.08. The van der Waals surface area contributed by atoms with Crippen molar-refractivity contribution in [1.29, 1.82) is 0 Å². The van der Waals surface area contributed by atoms with E-state index >= 15 is 0 Å². The van der Waals surface area contributed by atoms with Gasteiger partial charge in [0.25, 0.3) is 0 Å². The van der Waals surface area contributed by atoms with Crippen molar-refractivity contribution in [2.24, 2.45) is 11.8 Å². The minimum Gasteiger partial charge on any atom is -0.456 e. The van der Waals surface area contributed by atoms with Gasteiger partial charge in [-0.05, 0) is 44.6 Å². The molecule has 0 bridgehead atoms. The molecule has 208 valence electrons. The zero-order valence-corrected chi connectivity index (χ0v) is 23.9. The predicted molar refractivity (Wildman–Crippen MR) is 146 cm³/mol. The molecule has 1 rings (SSSR count). The number of carbonyl (C=O) groups is 4. The monoisotopic (exact) mass is 537 g/mol. The quantitative estimate of drug-likeness (QED) is 0.212. The highest BCUT2D eigenvalue weighted by molar-refractivity contribution is 7.80. The normalized spacial score (nSPS) is 14.0. The van der Waals surface area contributed by atoms with Crippen LogP contribution in [-0.4, -0.2) is 59.8 Å². The van der Waals surface area contributed by atoms with Crippen LogP contribution in [0.25, 0.3) is 0 Å². The summed E-state index contributed by atoms with van der Waals surface area (Å²) in [4.78, 5) is 50.6. The molecular formula is C27H43N3O6S. The van der Waals surface area contributed by atoms with Crippen molar-refractivity contribution in [2.45, 2.75) is 85.2 Å². The zero-order valence-electron chi connectivity index (χ0n) is 23.0. The molecule has 0 saturated carbocycles. The lowest BCUT2D eigenvalue weighted by atomic mass is 9.98. The van der Waals surface area contributed by atoms with E-state index in [1.54, 1.807) is 20.8 Å². The van der Waals surface area contributed by atoms with Gasteiger partial charge in [0.2, 0.25) is 5.91 Å². The maximum Gasteiger partial charge on any atom is 0.408 e. The van der Waals surface area contributed by atoms with Crippen molar-refractivity contribution in [3.8, 4) is 0 Å². The fraction of sp³-hybridized carbons (Fsp3) is 0.630. The zero-order chi connectivity index (χ0) is 28.2. The highest BCUT2D eigenvalue weighted by Crippen LogP contribution is 2.11. The minimum absolute atomic E-state index is 0.0218. The van der Waals surface area contributed by atoms with Gasteiger partial charge in [-0.3, -0.25) is 9.59 Å². The van der Waals surface area contributed by atoms with Gasteiger partial charge in [-0.2, -0.15) is 12.6 Å². The van der Waals surface area contributed by atoms with Gasteiger partial charge < -0.3 is 25.4 Å². The summed E-state index contributed by atoms with van der Waals surface area (Å²) in [7, 11) is 0. The molecule has 0 aliphatic rings. The van der Waals surface area contributed by atoms with E-state index in [2.05, 4.69) is 28.6 Å². The maximum atomic E-state index is 13.1. The Bertz CT molecular complexity index is 886. The molecule has 10 heteroatoms. The van der Waals surface area contributed by atoms with Crippen LogP contribution in [0.3, 0.4) is 0 Å². The van der Waals surface area contributed by atoms with Crippen LogP contribution in [0.4, 0.5) is 4.79 Å². The number of ketones is 1. The second kappa shape index (κ2) is 15.6. The molecule has 3 N–H and O–H groups in total. The Hall–Kier alpha value is -2.59. The molecule has 2 amide bonds. The number of rotatable bonds is 14. The molecule has 1 aromatic carbocycles. The van der Waals surface area contributed by atoms with Crippen LogP contribution in [0, 0.1) is 11.8 Å². The Morgan fingerprint density at radius 3 is 2.08 bits per heavy atom. The molecule has 0 spiro atoms. The molecule has 9 nitrogen and oxygen atoms in total. The molecule has 0 aromatic heterocycles. The van der Waals surface area contributed by atoms with Crippen LogP contribution < -0.4 is 16.0 Å². The third-order valence-electron chi connectivity index (χ3n) is 5.25.